The van der Waals surface area contributed by atoms with Crippen molar-refractivity contribution in [2.45, 2.75) is 38.5 Å². The molecule has 0 aliphatic carbocycles. The summed E-state index contributed by atoms with van der Waals surface area (Å²) >= 11 is 0. The zero-order valence-corrected chi connectivity index (χ0v) is 13.5. The number of amides is 6. The minimum Gasteiger partial charge on any atom is -0.596 e. The van der Waals surface area contributed by atoms with Crippen LogP contribution in [-0.4, -0.2) is 35.4 Å². The molecule has 0 aromatic carbocycles. The van der Waals surface area contributed by atoms with Crippen molar-refractivity contribution in [1.29, 1.82) is 0 Å². The molecule has 0 N–H and O–H groups in total. The van der Waals surface area contributed by atoms with Gasteiger partial charge in [0.2, 0.25) is 0 Å². The van der Waals surface area contributed by atoms with Crippen LogP contribution in [-0.2, 0) is 51.1 Å². The van der Waals surface area contributed by atoms with Crippen LogP contribution in [0.3, 0.4) is 0 Å². The monoisotopic (exact) mass is 491 g/mol. The van der Waals surface area contributed by atoms with E-state index in [4.69, 9.17) is 0 Å². The van der Waals surface area contributed by atoms with Gasteiger partial charge in [-0.2, -0.15) is 0 Å². The summed E-state index contributed by atoms with van der Waals surface area (Å²) in [6.45, 7) is 0. The fourth-order valence-electron chi connectivity index (χ4n) is 1.39. The molecule has 0 aromatic heterocycles. The molecule has 122 valence electrons. The van der Waals surface area contributed by atoms with Crippen molar-refractivity contribution in [3.63, 3.8) is 0 Å². The Hall–Kier alpha value is -1.84. The van der Waals surface area contributed by atoms with Crippen LogP contribution in [0, 0.1) is 0 Å². The smallest absolute Gasteiger partial charge is 0.596 e. The molecule has 22 heavy (non-hydrogen) atoms. The van der Waals surface area contributed by atoms with Crippen molar-refractivity contribution >= 4 is 35.4 Å². The molecule has 0 unspecified atom stereocenters. The molecular formula is C12H12AuN3O6. The van der Waals surface area contributed by atoms with Crippen molar-refractivity contribution in [3.05, 3.63) is 16.0 Å². The molecule has 0 aromatic rings. The van der Waals surface area contributed by atoms with Gasteiger partial charge in [0.05, 0.1) is 35.4 Å². The van der Waals surface area contributed by atoms with Crippen molar-refractivity contribution in [3.8, 4) is 0 Å². The average molecular weight is 491 g/mol. The standard InChI is InChI=1S/3C4H5NO2.Au/c3*6-3-1-2-4(7)5-3;/h3*1-2H2,(H,5,6,7);/q;;;+3/p-3. The number of carbonyl (C=O) groups excluding carboxylic acids is 6. The van der Waals surface area contributed by atoms with Gasteiger partial charge in [0.1, 0.15) is 0 Å². The van der Waals surface area contributed by atoms with Gasteiger partial charge in [-0.05, 0) is 38.5 Å². The molecule has 0 spiro atoms. The molecule has 3 saturated heterocycles. The normalized spacial score (nSPS) is 19.1. The van der Waals surface area contributed by atoms with Gasteiger partial charge in [-0.25, -0.2) is 0 Å². The Morgan fingerprint density at radius 2 is 0.545 bits per heavy atom. The Bertz CT molecular complexity index is 392. The predicted molar refractivity (Wildman–Crippen MR) is 67.8 cm³/mol. The first kappa shape index (κ1) is 20.2. The Labute approximate surface area is 141 Å². The van der Waals surface area contributed by atoms with E-state index in [1.54, 1.807) is 0 Å². The maximum absolute atomic E-state index is 10.1. The number of imide groups is 3. The fourth-order valence-corrected chi connectivity index (χ4v) is 1.39. The van der Waals surface area contributed by atoms with Crippen LogP contribution in [0.25, 0.3) is 16.0 Å². The number of hydrogen-bond donors (Lipinski definition) is 0. The second kappa shape index (κ2) is 9.98. The third-order valence-corrected chi connectivity index (χ3v) is 2.41. The zero-order valence-electron chi connectivity index (χ0n) is 11.3. The van der Waals surface area contributed by atoms with E-state index >= 15 is 0 Å². The van der Waals surface area contributed by atoms with E-state index in [1.165, 1.54) is 0 Å². The van der Waals surface area contributed by atoms with E-state index in [-0.39, 0.29) is 57.8 Å². The van der Waals surface area contributed by atoms with E-state index in [1.807, 2.05) is 0 Å². The molecule has 9 nitrogen and oxygen atoms in total. The Morgan fingerprint density at radius 3 is 0.591 bits per heavy atom. The molecule has 0 atom stereocenters. The fraction of sp³-hybridized carbons (Fsp3) is 0.500. The Kier molecular flexibility index (Phi) is 9.15. The predicted octanol–water partition coefficient (Wildman–Crippen LogP) is 0.619. The van der Waals surface area contributed by atoms with Gasteiger partial charge in [0, 0.05) is 0 Å². The quantitative estimate of drug-likeness (QED) is 0.359. The summed E-state index contributed by atoms with van der Waals surface area (Å²) in [6, 6.07) is 0. The first-order valence-electron chi connectivity index (χ1n) is 6.19. The van der Waals surface area contributed by atoms with Crippen molar-refractivity contribution in [2.75, 3.05) is 0 Å². The number of carbonyl (C=O) groups is 6. The first-order valence-corrected chi connectivity index (χ1v) is 6.19. The maximum Gasteiger partial charge on any atom is 3.00 e. The minimum absolute atomic E-state index is 0. The van der Waals surface area contributed by atoms with E-state index in [0.717, 1.165) is 0 Å². The number of nitrogens with zero attached hydrogens (tertiary/aromatic N) is 3. The average Bonchev–Trinajstić information content (AvgIpc) is 3.06. The van der Waals surface area contributed by atoms with E-state index in [0.29, 0.717) is 38.5 Å². The van der Waals surface area contributed by atoms with Crippen LogP contribution < -0.4 is 0 Å². The topological polar surface area (TPSA) is 145 Å². The second-order valence-corrected chi connectivity index (χ2v) is 4.20. The van der Waals surface area contributed by atoms with Crippen LogP contribution in [0.5, 0.6) is 0 Å². The van der Waals surface area contributed by atoms with Crippen LogP contribution in [0.1, 0.15) is 38.5 Å². The molecule has 3 aliphatic heterocycles. The third kappa shape index (κ3) is 8.45. The molecular weight excluding hydrogens is 479 g/mol. The summed E-state index contributed by atoms with van der Waals surface area (Å²) < 4.78 is 0. The molecule has 0 saturated carbocycles. The third-order valence-electron chi connectivity index (χ3n) is 2.41. The Morgan fingerprint density at radius 1 is 0.409 bits per heavy atom. The Balaban J connectivity index is 0.000000294. The maximum atomic E-state index is 10.1. The molecule has 3 heterocycles. The zero-order chi connectivity index (χ0) is 15.8. The van der Waals surface area contributed by atoms with Gasteiger partial charge in [0.25, 0.3) is 0 Å². The molecule has 0 bridgehead atoms. The molecule has 3 rings (SSSR count). The second-order valence-electron chi connectivity index (χ2n) is 4.20. The molecule has 3 fully saturated rings. The molecule has 6 amide bonds. The van der Waals surface area contributed by atoms with Gasteiger partial charge in [-0.15, -0.1) is 0 Å². The summed E-state index contributed by atoms with van der Waals surface area (Å²) in [7, 11) is 0. The van der Waals surface area contributed by atoms with Crippen LogP contribution >= 0.6 is 0 Å². The summed E-state index contributed by atoms with van der Waals surface area (Å²) in [6.07, 6.45) is 1.91. The van der Waals surface area contributed by atoms with Gasteiger partial charge >= 0.3 is 22.4 Å². The summed E-state index contributed by atoms with van der Waals surface area (Å²) in [5.74, 6) is -1.64. The largest absolute Gasteiger partial charge is 3.00 e. The molecule has 0 radical (unpaired) electrons. The van der Waals surface area contributed by atoms with E-state index in [9.17, 15) is 28.8 Å². The van der Waals surface area contributed by atoms with Crippen LogP contribution in [0.15, 0.2) is 0 Å². The van der Waals surface area contributed by atoms with Crippen molar-refractivity contribution in [2.24, 2.45) is 0 Å². The summed E-state index contributed by atoms with van der Waals surface area (Å²) in [5.41, 5.74) is 0. The summed E-state index contributed by atoms with van der Waals surface area (Å²) in [5, 5.41) is 9.33. The number of rotatable bonds is 0. The SMILES string of the molecule is O=C1CCC(=O)[N-]1.O=C1CCC(=O)[N-]1.O=C1CCC(=O)[N-]1.[Au+3]. The minimum atomic E-state index is -0.273. The molecule has 3 aliphatic rings. The van der Waals surface area contributed by atoms with Crippen molar-refractivity contribution in [1.82, 2.24) is 0 Å². The van der Waals surface area contributed by atoms with Crippen LogP contribution in [0.2, 0.25) is 0 Å². The first-order chi connectivity index (χ1) is 9.86. The van der Waals surface area contributed by atoms with Crippen LogP contribution in [0.4, 0.5) is 0 Å². The van der Waals surface area contributed by atoms with E-state index < -0.39 is 0 Å². The van der Waals surface area contributed by atoms with Gasteiger partial charge < -0.3 is 44.7 Å². The van der Waals surface area contributed by atoms with Gasteiger partial charge in [-0.3, -0.25) is 0 Å². The van der Waals surface area contributed by atoms with E-state index in [2.05, 4.69) is 16.0 Å². The van der Waals surface area contributed by atoms with Crippen molar-refractivity contribution < 1.29 is 51.1 Å². The molecule has 10 heteroatoms. The summed E-state index contributed by atoms with van der Waals surface area (Å²) in [4.78, 5) is 60.4. The van der Waals surface area contributed by atoms with Gasteiger partial charge in [0.15, 0.2) is 0 Å². The number of hydrogen-bond acceptors (Lipinski definition) is 6. The van der Waals surface area contributed by atoms with Gasteiger partial charge in [-0.1, -0.05) is 0 Å².